The number of anilines is 1. The molecule has 2 aromatic carbocycles. The maximum atomic E-state index is 13.1. The van der Waals surface area contributed by atoms with Crippen LogP contribution in [0, 0.1) is 6.92 Å². The number of aryl methyl sites for hydroxylation is 1. The Bertz CT molecular complexity index is 1390. The van der Waals surface area contributed by atoms with Crippen molar-refractivity contribution in [3.63, 3.8) is 0 Å². The molecule has 0 spiro atoms. The molecule has 1 aromatic heterocycles. The van der Waals surface area contributed by atoms with E-state index in [0.717, 1.165) is 16.0 Å². The van der Waals surface area contributed by atoms with Crippen molar-refractivity contribution in [2.75, 3.05) is 5.32 Å². The molecular weight excluding hydrogens is 452 g/mol. The molecule has 3 heterocycles. The second kappa shape index (κ2) is 8.60. The summed E-state index contributed by atoms with van der Waals surface area (Å²) in [4.78, 5) is 63.4. The first kappa shape index (κ1) is 22.1. The van der Waals surface area contributed by atoms with Gasteiger partial charge in [-0.15, -0.1) is 5.10 Å². The fraction of sp³-hybridized carbons (Fsp3) is 0.208. The van der Waals surface area contributed by atoms with E-state index in [1.165, 1.54) is 16.8 Å². The molecule has 2 N–H and O–H groups in total. The van der Waals surface area contributed by atoms with Gasteiger partial charge in [-0.3, -0.25) is 34.2 Å². The Kier molecular flexibility index (Phi) is 5.44. The molecule has 5 rings (SSSR count). The summed E-state index contributed by atoms with van der Waals surface area (Å²) in [7, 11) is 0. The summed E-state index contributed by atoms with van der Waals surface area (Å²) in [5, 5.41) is 12.9. The Hall–Kier alpha value is -4.67. The largest absolute Gasteiger partial charge is 0.324 e. The van der Waals surface area contributed by atoms with Crippen LogP contribution in [0.4, 0.5) is 5.69 Å². The van der Waals surface area contributed by atoms with Crippen LogP contribution >= 0.6 is 0 Å². The van der Waals surface area contributed by atoms with E-state index in [4.69, 9.17) is 0 Å². The lowest BCUT2D eigenvalue weighted by Gasteiger charge is -2.27. The van der Waals surface area contributed by atoms with E-state index < -0.39 is 35.6 Å². The topological polar surface area (TPSA) is 143 Å². The summed E-state index contributed by atoms with van der Waals surface area (Å²) in [5.74, 6) is -2.96. The Balaban J connectivity index is 1.33. The van der Waals surface area contributed by atoms with Crippen molar-refractivity contribution < 1.29 is 24.0 Å². The maximum Gasteiger partial charge on any atom is 0.264 e. The third kappa shape index (κ3) is 4.07. The lowest BCUT2D eigenvalue weighted by molar-refractivity contribution is -0.136. The zero-order chi connectivity index (χ0) is 24.7. The van der Waals surface area contributed by atoms with Gasteiger partial charge in [0.25, 0.3) is 11.8 Å². The van der Waals surface area contributed by atoms with Crippen molar-refractivity contribution in [1.82, 2.24) is 25.2 Å². The minimum absolute atomic E-state index is 0.00878. The van der Waals surface area contributed by atoms with Gasteiger partial charge in [0.05, 0.1) is 23.0 Å². The minimum atomic E-state index is -1.08. The van der Waals surface area contributed by atoms with Gasteiger partial charge in [0.1, 0.15) is 18.3 Å². The van der Waals surface area contributed by atoms with Crippen molar-refractivity contribution in [3.05, 3.63) is 65.4 Å². The van der Waals surface area contributed by atoms with E-state index in [0.29, 0.717) is 5.69 Å². The summed E-state index contributed by atoms with van der Waals surface area (Å²) < 4.78 is 1.37. The fourth-order valence-corrected chi connectivity index (χ4v) is 4.19. The number of hydrogen-bond acceptors (Lipinski definition) is 7. The maximum absolute atomic E-state index is 13.1. The highest BCUT2D eigenvalue weighted by Crippen LogP contribution is 2.32. The molecule has 2 aliphatic heterocycles. The first-order valence-electron chi connectivity index (χ1n) is 10.9. The van der Waals surface area contributed by atoms with Crippen molar-refractivity contribution >= 4 is 35.2 Å². The van der Waals surface area contributed by atoms with Crippen LogP contribution in [0.2, 0.25) is 0 Å². The average molecular weight is 472 g/mol. The smallest absolute Gasteiger partial charge is 0.264 e. The molecule has 1 fully saturated rings. The van der Waals surface area contributed by atoms with Gasteiger partial charge in [0.2, 0.25) is 17.7 Å². The van der Waals surface area contributed by atoms with Gasteiger partial charge >= 0.3 is 0 Å². The van der Waals surface area contributed by atoms with Crippen LogP contribution in [0.15, 0.2) is 48.7 Å². The average Bonchev–Trinajstić information content (AvgIpc) is 3.38. The third-order valence-corrected chi connectivity index (χ3v) is 5.93. The highest BCUT2D eigenvalue weighted by molar-refractivity contribution is 6.26. The lowest BCUT2D eigenvalue weighted by atomic mass is 10.0. The number of aromatic nitrogens is 3. The Labute approximate surface area is 199 Å². The monoisotopic (exact) mass is 472 g/mol. The number of fused-ring (bicyclic) bond motifs is 1. The molecule has 1 unspecified atom stereocenters. The molecule has 176 valence electrons. The van der Waals surface area contributed by atoms with Crippen LogP contribution in [0.5, 0.6) is 0 Å². The number of carbonyl (C=O) groups is 5. The number of hydrogen-bond donors (Lipinski definition) is 2. The molecule has 0 bridgehead atoms. The molecule has 1 atom stereocenters. The van der Waals surface area contributed by atoms with Crippen molar-refractivity contribution in [3.8, 4) is 11.3 Å². The highest BCUT2D eigenvalue weighted by Gasteiger charge is 2.45. The molecule has 5 amide bonds. The van der Waals surface area contributed by atoms with Gasteiger partial charge in [-0.25, -0.2) is 4.68 Å². The number of imide groups is 2. The lowest BCUT2D eigenvalue weighted by Crippen LogP contribution is -2.54. The SMILES string of the molecule is Cc1ccc(-c2cn(CC(=O)Nc3cccc4c3C(=O)N(C3CCC(=O)NC3=O)C4=O)nn2)cc1. The van der Waals surface area contributed by atoms with E-state index >= 15 is 0 Å². The Morgan fingerprint density at radius 2 is 1.86 bits per heavy atom. The van der Waals surface area contributed by atoms with Crippen LogP contribution in [0.25, 0.3) is 11.3 Å². The first-order chi connectivity index (χ1) is 16.8. The number of amides is 5. The molecule has 0 radical (unpaired) electrons. The van der Waals surface area contributed by atoms with Crippen LogP contribution < -0.4 is 10.6 Å². The molecule has 11 heteroatoms. The molecule has 11 nitrogen and oxygen atoms in total. The zero-order valence-electron chi connectivity index (χ0n) is 18.6. The van der Waals surface area contributed by atoms with Crippen LogP contribution in [0.3, 0.4) is 0 Å². The predicted molar refractivity (Wildman–Crippen MR) is 122 cm³/mol. The second-order valence-corrected chi connectivity index (χ2v) is 8.39. The van der Waals surface area contributed by atoms with Crippen LogP contribution in [0.1, 0.15) is 39.1 Å². The summed E-state index contributed by atoms with van der Waals surface area (Å²) in [5.41, 5.74) is 2.83. The van der Waals surface area contributed by atoms with Gasteiger partial charge in [0, 0.05) is 12.0 Å². The summed E-state index contributed by atoms with van der Waals surface area (Å²) in [6.45, 7) is 1.81. The number of rotatable bonds is 5. The second-order valence-electron chi connectivity index (χ2n) is 8.39. The van der Waals surface area contributed by atoms with Gasteiger partial charge in [-0.2, -0.15) is 0 Å². The fourth-order valence-electron chi connectivity index (χ4n) is 4.19. The summed E-state index contributed by atoms with van der Waals surface area (Å²) in [6.07, 6.45) is 1.71. The van der Waals surface area contributed by atoms with Crippen molar-refractivity contribution in [2.24, 2.45) is 0 Å². The van der Waals surface area contributed by atoms with Gasteiger partial charge in [0.15, 0.2) is 0 Å². The molecular formula is C24H20N6O5. The third-order valence-electron chi connectivity index (χ3n) is 5.93. The van der Waals surface area contributed by atoms with E-state index in [1.54, 1.807) is 12.3 Å². The quantitative estimate of drug-likeness (QED) is 0.533. The number of benzene rings is 2. The summed E-state index contributed by atoms with van der Waals surface area (Å²) >= 11 is 0. The minimum Gasteiger partial charge on any atom is -0.324 e. The predicted octanol–water partition coefficient (Wildman–Crippen LogP) is 1.29. The van der Waals surface area contributed by atoms with Gasteiger partial charge in [-0.05, 0) is 25.5 Å². The summed E-state index contributed by atoms with van der Waals surface area (Å²) in [6, 6.07) is 11.2. The van der Waals surface area contributed by atoms with Crippen LogP contribution in [-0.2, 0) is 20.9 Å². The van der Waals surface area contributed by atoms with Crippen molar-refractivity contribution in [2.45, 2.75) is 32.4 Å². The Morgan fingerprint density at radius 1 is 1.09 bits per heavy atom. The van der Waals surface area contributed by atoms with E-state index in [2.05, 4.69) is 20.9 Å². The number of carbonyl (C=O) groups excluding carboxylic acids is 5. The van der Waals surface area contributed by atoms with Gasteiger partial charge in [-0.1, -0.05) is 41.1 Å². The Morgan fingerprint density at radius 3 is 2.60 bits per heavy atom. The molecule has 0 aliphatic carbocycles. The number of nitrogens with zero attached hydrogens (tertiary/aromatic N) is 4. The van der Waals surface area contributed by atoms with E-state index in [-0.39, 0.29) is 36.2 Å². The standard InChI is InChI=1S/C24H20N6O5/c1-13-5-7-14(8-6-13)17-11-29(28-27-17)12-20(32)25-16-4-2-3-15-21(16)24(35)30(23(15)34)18-9-10-19(31)26-22(18)33/h2-8,11,18H,9-10,12H2,1H3,(H,25,32)(H,26,31,33). The van der Waals surface area contributed by atoms with Crippen LogP contribution in [-0.4, -0.2) is 55.5 Å². The molecule has 1 saturated heterocycles. The first-order valence-corrected chi connectivity index (χ1v) is 10.9. The zero-order valence-corrected chi connectivity index (χ0v) is 18.6. The van der Waals surface area contributed by atoms with E-state index in [1.807, 2.05) is 31.2 Å². The molecule has 0 saturated carbocycles. The molecule has 2 aliphatic rings. The highest BCUT2D eigenvalue weighted by atomic mass is 16.2. The molecule has 35 heavy (non-hydrogen) atoms. The normalized spacial score (nSPS) is 17.4. The number of piperidine rings is 1. The number of nitrogens with one attached hydrogen (secondary N) is 2. The van der Waals surface area contributed by atoms with Crippen molar-refractivity contribution in [1.29, 1.82) is 0 Å². The molecule has 3 aromatic rings. The van der Waals surface area contributed by atoms with E-state index in [9.17, 15) is 24.0 Å². The van der Waals surface area contributed by atoms with Gasteiger partial charge < -0.3 is 5.32 Å².